The highest BCUT2D eigenvalue weighted by atomic mass is 19.5. The number of aromatic carboxylic acids is 1. The molecule has 0 atom stereocenters. The summed E-state index contributed by atoms with van der Waals surface area (Å²) in [5, 5.41) is 18.7. The number of benzene rings is 1. The molecule has 0 radical (unpaired) electrons. The number of hydrogen-bond acceptors (Lipinski definition) is 3. The predicted molar refractivity (Wildman–Crippen MR) is 70.6 cm³/mol. The van der Waals surface area contributed by atoms with E-state index in [9.17, 15) is 66.7 Å². The van der Waals surface area contributed by atoms with Gasteiger partial charge in [-0.3, -0.25) is 10.1 Å². The average Bonchev–Trinajstić information content (AvgIpc) is 2.32. The first-order valence-electron chi connectivity index (χ1n) is 5.71. The SMILES string of the molecule is F[B-](F)(F)F.F[B-](F)(F)F.F[B-](F)(F)F.O=C(O)c1cccc([N+](=O)[O-])c1. The number of rotatable bonds is 2. The summed E-state index contributed by atoms with van der Waals surface area (Å²) in [4.78, 5) is 19.9. The highest BCUT2D eigenvalue weighted by Crippen LogP contribution is 2.12. The Bertz CT molecular complexity index is 514. The summed E-state index contributed by atoms with van der Waals surface area (Å²) in [5.74, 6) is -1.17. The maximum absolute atomic E-state index is 10.4. The zero-order chi connectivity index (χ0) is 22.6. The van der Waals surface area contributed by atoms with Crippen LogP contribution in [0.4, 0.5) is 57.5 Å². The van der Waals surface area contributed by atoms with Crippen LogP contribution in [0.5, 0.6) is 0 Å². The van der Waals surface area contributed by atoms with Crippen LogP contribution >= 0.6 is 0 Å². The molecule has 0 saturated heterocycles. The summed E-state index contributed by atoms with van der Waals surface area (Å²) in [7, 11) is -18.0. The Morgan fingerprint density at radius 2 is 1.11 bits per heavy atom. The molecule has 0 aliphatic rings. The fourth-order valence-electron chi connectivity index (χ4n) is 0.753. The quantitative estimate of drug-likeness (QED) is 0.305. The van der Waals surface area contributed by atoms with Gasteiger partial charge in [-0.05, 0) is 6.07 Å². The van der Waals surface area contributed by atoms with Gasteiger partial charge in [-0.15, -0.1) is 0 Å². The van der Waals surface area contributed by atoms with Crippen molar-refractivity contribution in [2.75, 3.05) is 0 Å². The molecule has 1 aromatic rings. The fourth-order valence-corrected chi connectivity index (χ4v) is 0.753. The molecule has 0 fully saturated rings. The Hall–Kier alpha value is -2.56. The highest BCUT2D eigenvalue weighted by Gasteiger charge is 2.21. The molecule has 0 amide bonds. The smallest absolute Gasteiger partial charge is 0.478 e. The molecule has 5 nitrogen and oxygen atoms in total. The molecule has 1 rings (SSSR count). The first-order valence-corrected chi connectivity index (χ1v) is 5.71. The predicted octanol–water partition coefficient (Wildman–Crippen LogP) is 5.19. The van der Waals surface area contributed by atoms with Crippen LogP contribution in [0.25, 0.3) is 0 Å². The number of carbonyl (C=O) groups is 1. The number of non-ortho nitro benzene ring substituents is 1. The summed E-state index contributed by atoms with van der Waals surface area (Å²) in [6.07, 6.45) is 0. The number of nitro groups is 1. The summed E-state index contributed by atoms with van der Waals surface area (Å²) in [6.45, 7) is 0. The Kier molecular flexibility index (Phi) is 12.9. The molecular weight excluding hydrogens is 422 g/mol. The van der Waals surface area contributed by atoms with E-state index >= 15 is 0 Å². The zero-order valence-corrected chi connectivity index (χ0v) is 12.2. The van der Waals surface area contributed by atoms with Gasteiger partial charge in [-0.2, -0.15) is 0 Å². The molecule has 0 saturated carbocycles. The largest absolute Gasteiger partial charge is 0.673 e. The molecule has 1 N–H and O–H groups in total. The maximum Gasteiger partial charge on any atom is 0.673 e. The molecule has 0 spiro atoms. The molecule has 158 valence electrons. The van der Waals surface area contributed by atoms with Gasteiger partial charge in [0.1, 0.15) is 0 Å². The fraction of sp³-hybridized carbons (Fsp3) is 0. The second-order valence-electron chi connectivity index (χ2n) is 3.60. The molecule has 0 bridgehead atoms. The maximum atomic E-state index is 10.4. The lowest BCUT2D eigenvalue weighted by atomic mass is 10.2. The van der Waals surface area contributed by atoms with E-state index in [0.717, 1.165) is 6.07 Å². The minimum Gasteiger partial charge on any atom is -0.478 e. The van der Waals surface area contributed by atoms with Crippen LogP contribution in [-0.4, -0.2) is 37.8 Å². The standard InChI is InChI=1S/C7H5NO4.3BF4/c9-7(10)5-2-1-3-6(4-5)8(11)12;3*2-1(3,4)5/h1-4H,(H,9,10);;;/q;3*-1. The normalized spacial score (nSPS) is 10.8. The average molecular weight is 428 g/mol. The second-order valence-corrected chi connectivity index (χ2v) is 3.60. The first kappa shape index (κ1) is 29.2. The third kappa shape index (κ3) is 45.2. The van der Waals surface area contributed by atoms with Gasteiger partial charge in [0.25, 0.3) is 5.69 Å². The van der Waals surface area contributed by atoms with Crippen LogP contribution < -0.4 is 0 Å². The van der Waals surface area contributed by atoms with Crippen molar-refractivity contribution >= 4 is 33.4 Å². The van der Waals surface area contributed by atoms with Crippen molar-refractivity contribution in [1.29, 1.82) is 0 Å². The van der Waals surface area contributed by atoms with E-state index in [4.69, 9.17) is 5.11 Å². The number of nitrogens with zero attached hydrogens (tertiary/aromatic N) is 1. The molecule has 27 heavy (non-hydrogen) atoms. The molecule has 0 heterocycles. The molecule has 0 aromatic heterocycles. The molecule has 0 aliphatic carbocycles. The van der Waals surface area contributed by atoms with E-state index in [2.05, 4.69) is 0 Å². The van der Waals surface area contributed by atoms with Gasteiger partial charge in [0.2, 0.25) is 0 Å². The van der Waals surface area contributed by atoms with Gasteiger partial charge in [0, 0.05) is 12.1 Å². The lowest BCUT2D eigenvalue weighted by Gasteiger charge is -1.94. The number of carboxylic acids is 1. The van der Waals surface area contributed by atoms with Gasteiger partial charge in [0.05, 0.1) is 10.5 Å². The number of nitro benzene ring substituents is 1. The Balaban J connectivity index is -0.000000323. The molecule has 0 aliphatic heterocycles. The second kappa shape index (κ2) is 11.9. The third-order valence-electron chi connectivity index (χ3n) is 1.30. The summed E-state index contributed by atoms with van der Waals surface area (Å²) >= 11 is 0. The molecule has 0 unspecified atom stereocenters. The topological polar surface area (TPSA) is 80.4 Å². The third-order valence-corrected chi connectivity index (χ3v) is 1.30. The van der Waals surface area contributed by atoms with Crippen LogP contribution in [0.1, 0.15) is 10.4 Å². The minimum atomic E-state index is -6.00. The Morgan fingerprint density at radius 1 is 0.815 bits per heavy atom. The number of halogens is 12. The summed E-state index contributed by atoms with van der Waals surface area (Å²) in [6, 6.07) is 4.89. The number of carboxylic acid groups (broad SMARTS) is 1. The van der Waals surface area contributed by atoms with Gasteiger partial charge in [-0.1, -0.05) is 6.07 Å². The first-order chi connectivity index (χ1) is 11.6. The van der Waals surface area contributed by atoms with Crippen molar-refractivity contribution in [3.63, 3.8) is 0 Å². The minimum absolute atomic E-state index is 0.0794. The molecular formula is C7H5B3F12NO4-3. The number of hydrogen-bond donors (Lipinski definition) is 1. The van der Waals surface area contributed by atoms with E-state index in [0.29, 0.717) is 0 Å². The van der Waals surface area contributed by atoms with Crippen molar-refractivity contribution < 1.29 is 66.6 Å². The lowest BCUT2D eigenvalue weighted by molar-refractivity contribution is -0.384. The van der Waals surface area contributed by atoms with Gasteiger partial charge in [0.15, 0.2) is 0 Å². The summed E-state index contributed by atoms with van der Waals surface area (Å²) < 4.78 is 117. The highest BCUT2D eigenvalue weighted by molar-refractivity contribution is 6.50. The van der Waals surface area contributed by atoms with E-state index < -0.39 is 32.7 Å². The van der Waals surface area contributed by atoms with Crippen molar-refractivity contribution in [3.8, 4) is 0 Å². The van der Waals surface area contributed by atoms with Crippen LogP contribution in [0.2, 0.25) is 0 Å². The Morgan fingerprint density at radius 3 is 1.33 bits per heavy atom. The van der Waals surface area contributed by atoms with E-state index in [1.807, 2.05) is 0 Å². The van der Waals surface area contributed by atoms with Crippen molar-refractivity contribution in [1.82, 2.24) is 0 Å². The molecule has 20 heteroatoms. The van der Waals surface area contributed by atoms with Crippen molar-refractivity contribution in [3.05, 3.63) is 39.9 Å². The van der Waals surface area contributed by atoms with Crippen molar-refractivity contribution in [2.24, 2.45) is 0 Å². The van der Waals surface area contributed by atoms with Crippen molar-refractivity contribution in [2.45, 2.75) is 0 Å². The monoisotopic (exact) mass is 428 g/mol. The van der Waals surface area contributed by atoms with Gasteiger partial charge < -0.3 is 56.9 Å². The van der Waals surface area contributed by atoms with Gasteiger partial charge in [-0.25, -0.2) is 4.79 Å². The molecule has 1 aromatic carbocycles. The van der Waals surface area contributed by atoms with Crippen LogP contribution in [0.3, 0.4) is 0 Å². The van der Waals surface area contributed by atoms with E-state index in [-0.39, 0.29) is 11.3 Å². The zero-order valence-electron chi connectivity index (χ0n) is 12.2. The lowest BCUT2D eigenvalue weighted by Crippen LogP contribution is -2.02. The van der Waals surface area contributed by atoms with E-state index in [1.54, 1.807) is 0 Å². The Labute approximate surface area is 141 Å². The van der Waals surface area contributed by atoms with Crippen LogP contribution in [0, 0.1) is 10.1 Å². The van der Waals surface area contributed by atoms with Crippen LogP contribution in [0.15, 0.2) is 24.3 Å². The van der Waals surface area contributed by atoms with E-state index in [1.165, 1.54) is 18.2 Å². The van der Waals surface area contributed by atoms with Gasteiger partial charge >= 0.3 is 27.7 Å². The van der Waals surface area contributed by atoms with Crippen LogP contribution in [-0.2, 0) is 0 Å². The summed E-state index contributed by atoms with van der Waals surface area (Å²) in [5.41, 5.74) is -0.292.